The maximum atomic E-state index is 9.78. The van der Waals surface area contributed by atoms with Crippen LogP contribution >= 0.6 is 0 Å². The number of hydrogen-bond acceptors (Lipinski definition) is 4. The first-order valence-corrected chi connectivity index (χ1v) is 2.29. The van der Waals surface area contributed by atoms with Crippen LogP contribution in [0.25, 0.3) is 0 Å². The average Bonchev–Trinajstić information content (AvgIpc) is 1.84. The van der Waals surface area contributed by atoms with E-state index in [1.807, 2.05) is 0 Å². The molecule has 0 spiro atoms. The topological polar surface area (TPSA) is 98.0 Å². The first-order chi connectivity index (χ1) is 4.09. The van der Waals surface area contributed by atoms with Crippen LogP contribution < -0.4 is 0 Å². The van der Waals surface area contributed by atoms with Gasteiger partial charge < -0.3 is 20.4 Å². The van der Waals surface area contributed by atoms with Crippen molar-refractivity contribution in [2.24, 2.45) is 0 Å². The third-order valence-corrected chi connectivity index (χ3v) is 0.805. The van der Waals surface area contributed by atoms with E-state index >= 15 is 0 Å². The SMILES string of the molecule is O=C(O)[C@H](O)[C@@H](O)CO.[Zn]. The van der Waals surface area contributed by atoms with Crippen LogP contribution in [-0.4, -0.2) is 45.2 Å². The van der Waals surface area contributed by atoms with Gasteiger partial charge in [0.25, 0.3) is 0 Å². The molecule has 0 fully saturated rings. The Hall–Kier alpha value is -0.0266. The molecule has 0 aliphatic carbocycles. The van der Waals surface area contributed by atoms with Gasteiger partial charge in [0.15, 0.2) is 6.10 Å². The molecule has 0 amide bonds. The number of aliphatic carboxylic acids is 1. The van der Waals surface area contributed by atoms with Crippen LogP contribution in [0.3, 0.4) is 0 Å². The van der Waals surface area contributed by atoms with Gasteiger partial charge in [-0.1, -0.05) is 0 Å². The van der Waals surface area contributed by atoms with E-state index in [0.717, 1.165) is 0 Å². The van der Waals surface area contributed by atoms with Gasteiger partial charge in [0.2, 0.25) is 0 Å². The minimum absolute atomic E-state index is 0. The van der Waals surface area contributed by atoms with E-state index in [4.69, 9.17) is 20.4 Å². The minimum atomic E-state index is -1.89. The molecule has 0 aliphatic heterocycles. The molecule has 0 aliphatic rings. The fourth-order valence-corrected chi connectivity index (χ4v) is 0.264. The Bertz CT molecular complexity index is 106. The van der Waals surface area contributed by atoms with Gasteiger partial charge in [-0.2, -0.15) is 0 Å². The molecule has 0 saturated carbocycles. The summed E-state index contributed by atoms with van der Waals surface area (Å²) in [7, 11) is 0. The first kappa shape index (κ1) is 12.6. The molecule has 5 nitrogen and oxygen atoms in total. The molecule has 0 aromatic carbocycles. The molecule has 0 bridgehead atoms. The molecule has 0 saturated heterocycles. The molecule has 0 aromatic heterocycles. The van der Waals surface area contributed by atoms with E-state index in [1.54, 1.807) is 0 Å². The summed E-state index contributed by atoms with van der Waals surface area (Å²) in [5.74, 6) is -1.54. The van der Waals surface area contributed by atoms with Crippen LogP contribution in [0.1, 0.15) is 0 Å². The third-order valence-electron chi connectivity index (χ3n) is 0.805. The smallest absolute Gasteiger partial charge is 0.335 e. The van der Waals surface area contributed by atoms with Gasteiger partial charge in [0.1, 0.15) is 6.10 Å². The van der Waals surface area contributed by atoms with Crippen molar-refractivity contribution in [1.82, 2.24) is 0 Å². The zero-order valence-electron chi connectivity index (χ0n) is 5.27. The number of carboxylic acid groups (broad SMARTS) is 1. The second-order valence-electron chi connectivity index (χ2n) is 1.53. The van der Waals surface area contributed by atoms with E-state index in [2.05, 4.69) is 0 Å². The van der Waals surface area contributed by atoms with Crippen LogP contribution in [0.15, 0.2) is 0 Å². The van der Waals surface area contributed by atoms with Crippen molar-refractivity contribution in [3.63, 3.8) is 0 Å². The maximum absolute atomic E-state index is 9.78. The quantitative estimate of drug-likeness (QED) is 0.388. The molecule has 0 radical (unpaired) electrons. The second-order valence-corrected chi connectivity index (χ2v) is 1.53. The van der Waals surface area contributed by atoms with Crippen molar-refractivity contribution in [2.75, 3.05) is 6.61 Å². The molecule has 0 unspecified atom stereocenters. The van der Waals surface area contributed by atoms with Crippen molar-refractivity contribution in [3.05, 3.63) is 0 Å². The molecular formula is C4H8O5Zn. The monoisotopic (exact) mass is 200 g/mol. The van der Waals surface area contributed by atoms with Crippen molar-refractivity contribution >= 4 is 5.97 Å². The number of rotatable bonds is 3. The largest absolute Gasteiger partial charge is 0.479 e. The van der Waals surface area contributed by atoms with Crippen molar-refractivity contribution < 1.29 is 44.7 Å². The van der Waals surface area contributed by atoms with Gasteiger partial charge >= 0.3 is 5.97 Å². The summed E-state index contributed by atoms with van der Waals surface area (Å²) in [4.78, 5) is 9.78. The number of aliphatic hydroxyl groups is 3. The van der Waals surface area contributed by atoms with E-state index in [1.165, 1.54) is 0 Å². The Labute approximate surface area is 70.1 Å². The van der Waals surface area contributed by atoms with E-state index in [0.29, 0.717) is 0 Å². The Morgan fingerprint density at radius 3 is 1.90 bits per heavy atom. The molecule has 0 aromatic rings. The molecule has 0 heterocycles. The first-order valence-electron chi connectivity index (χ1n) is 2.29. The Balaban J connectivity index is 0. The van der Waals surface area contributed by atoms with Gasteiger partial charge in [-0.05, 0) is 0 Å². The minimum Gasteiger partial charge on any atom is -0.479 e. The van der Waals surface area contributed by atoms with Gasteiger partial charge in [0.05, 0.1) is 6.61 Å². The van der Waals surface area contributed by atoms with Crippen molar-refractivity contribution in [3.8, 4) is 0 Å². The summed E-state index contributed by atoms with van der Waals surface area (Å²) in [5.41, 5.74) is 0. The average molecular weight is 201 g/mol. The Morgan fingerprint density at radius 1 is 1.40 bits per heavy atom. The molecule has 56 valence electrons. The van der Waals surface area contributed by atoms with Crippen LogP contribution in [-0.2, 0) is 24.3 Å². The molecule has 2 atom stereocenters. The summed E-state index contributed by atoms with van der Waals surface area (Å²) >= 11 is 0. The molecular weight excluding hydrogens is 193 g/mol. The molecule has 10 heavy (non-hydrogen) atoms. The van der Waals surface area contributed by atoms with Gasteiger partial charge in [-0.25, -0.2) is 4.79 Å². The van der Waals surface area contributed by atoms with E-state index < -0.39 is 24.8 Å². The zero-order valence-corrected chi connectivity index (χ0v) is 8.23. The fraction of sp³-hybridized carbons (Fsp3) is 0.750. The number of carbonyl (C=O) groups is 1. The van der Waals surface area contributed by atoms with Crippen LogP contribution in [0.5, 0.6) is 0 Å². The van der Waals surface area contributed by atoms with Crippen molar-refractivity contribution in [2.45, 2.75) is 12.2 Å². The van der Waals surface area contributed by atoms with E-state index in [9.17, 15) is 4.79 Å². The number of hydrogen-bond donors (Lipinski definition) is 4. The Kier molecular flexibility index (Phi) is 7.24. The summed E-state index contributed by atoms with van der Waals surface area (Å²) in [6.45, 7) is -0.756. The predicted octanol–water partition coefficient (Wildman–Crippen LogP) is -2.22. The normalized spacial score (nSPS) is 15.1. The van der Waals surface area contributed by atoms with Crippen LogP contribution in [0, 0.1) is 0 Å². The molecule has 6 heteroatoms. The Morgan fingerprint density at radius 2 is 1.80 bits per heavy atom. The molecule has 0 rings (SSSR count). The number of aliphatic hydroxyl groups excluding tert-OH is 3. The van der Waals surface area contributed by atoms with E-state index in [-0.39, 0.29) is 19.5 Å². The summed E-state index contributed by atoms with van der Waals surface area (Å²) in [6, 6.07) is 0. The van der Waals surface area contributed by atoms with Gasteiger partial charge in [0, 0.05) is 19.5 Å². The summed E-state index contributed by atoms with van der Waals surface area (Å²) in [5, 5.41) is 32.8. The summed E-state index contributed by atoms with van der Waals surface area (Å²) in [6.07, 6.45) is -3.49. The maximum Gasteiger partial charge on any atom is 0.335 e. The van der Waals surface area contributed by atoms with Gasteiger partial charge in [-0.3, -0.25) is 0 Å². The summed E-state index contributed by atoms with van der Waals surface area (Å²) < 4.78 is 0. The van der Waals surface area contributed by atoms with Crippen molar-refractivity contribution in [1.29, 1.82) is 0 Å². The van der Waals surface area contributed by atoms with Gasteiger partial charge in [-0.15, -0.1) is 0 Å². The van der Waals surface area contributed by atoms with Crippen LogP contribution in [0.4, 0.5) is 0 Å². The molecule has 4 N–H and O–H groups in total. The second kappa shape index (κ2) is 5.74. The fourth-order valence-electron chi connectivity index (χ4n) is 0.264. The third kappa shape index (κ3) is 3.90. The van der Waals surface area contributed by atoms with Crippen LogP contribution in [0.2, 0.25) is 0 Å². The predicted molar refractivity (Wildman–Crippen MR) is 26.7 cm³/mol. The zero-order chi connectivity index (χ0) is 7.44. The standard InChI is InChI=1S/C4H8O5.Zn/c5-1-2(6)3(7)4(8)9;/h2-3,5-7H,1H2,(H,8,9);/t2-,3+;/m0./s1. The number of carboxylic acids is 1.